The number of esters is 2. The first kappa shape index (κ1) is 42.8. The molecular weight excluding hydrogens is 581 g/mol. The SMILES string of the molecule is CCCCC/C=C\CCCCCCCC(=O)OC(COC(=O)CCCCCCCCCC)COP(=O)([O-])OCC[N+](C)(C)C. The first-order chi connectivity index (χ1) is 21.0. The molecule has 0 rings (SSSR count). The van der Waals surface area contributed by atoms with E-state index in [4.69, 9.17) is 18.5 Å². The van der Waals surface area contributed by atoms with E-state index in [-0.39, 0.29) is 26.1 Å². The first-order valence-corrected chi connectivity index (χ1v) is 18.9. The molecule has 0 saturated carbocycles. The van der Waals surface area contributed by atoms with E-state index in [1.54, 1.807) is 0 Å². The second-order valence-corrected chi connectivity index (χ2v) is 14.3. The zero-order valence-electron chi connectivity index (χ0n) is 28.9. The van der Waals surface area contributed by atoms with Gasteiger partial charge in [-0.05, 0) is 38.5 Å². The van der Waals surface area contributed by atoms with Gasteiger partial charge >= 0.3 is 11.9 Å². The van der Waals surface area contributed by atoms with Crippen LogP contribution in [0.2, 0.25) is 0 Å². The Bertz CT molecular complexity index is 784. The summed E-state index contributed by atoms with van der Waals surface area (Å²) in [6.07, 6.45) is 23.9. The maximum absolute atomic E-state index is 12.5. The van der Waals surface area contributed by atoms with Gasteiger partial charge in [-0.25, -0.2) is 0 Å². The minimum Gasteiger partial charge on any atom is -0.756 e. The van der Waals surface area contributed by atoms with Crippen LogP contribution in [0.15, 0.2) is 12.2 Å². The van der Waals surface area contributed by atoms with Gasteiger partial charge in [-0.1, -0.05) is 103 Å². The first-order valence-electron chi connectivity index (χ1n) is 17.4. The Labute approximate surface area is 269 Å². The summed E-state index contributed by atoms with van der Waals surface area (Å²) in [6.45, 7) is 4.13. The number of allylic oxidation sites excluding steroid dienone is 2. The molecule has 2 atom stereocenters. The molecule has 9 nitrogen and oxygen atoms in total. The topological polar surface area (TPSA) is 111 Å². The fourth-order valence-electron chi connectivity index (χ4n) is 4.47. The van der Waals surface area contributed by atoms with Crippen molar-refractivity contribution in [1.29, 1.82) is 0 Å². The average molecular weight is 648 g/mol. The third kappa shape index (κ3) is 30.8. The Morgan fingerprint density at radius 2 is 1.16 bits per heavy atom. The number of ether oxygens (including phenoxy) is 2. The van der Waals surface area contributed by atoms with E-state index >= 15 is 0 Å². The van der Waals surface area contributed by atoms with Gasteiger partial charge in [-0.3, -0.25) is 14.2 Å². The molecule has 0 aliphatic heterocycles. The molecule has 260 valence electrons. The van der Waals surface area contributed by atoms with Gasteiger partial charge < -0.3 is 27.9 Å². The molecule has 0 aromatic rings. The van der Waals surface area contributed by atoms with Gasteiger partial charge in [0.15, 0.2) is 6.10 Å². The molecule has 0 saturated heterocycles. The zero-order valence-corrected chi connectivity index (χ0v) is 29.8. The highest BCUT2D eigenvalue weighted by molar-refractivity contribution is 7.45. The van der Waals surface area contributed by atoms with Crippen molar-refractivity contribution >= 4 is 19.8 Å². The molecule has 0 bridgehead atoms. The van der Waals surface area contributed by atoms with Gasteiger partial charge in [0.05, 0.1) is 27.7 Å². The Morgan fingerprint density at radius 1 is 0.682 bits per heavy atom. The van der Waals surface area contributed by atoms with Crippen molar-refractivity contribution in [2.24, 2.45) is 0 Å². The Morgan fingerprint density at radius 3 is 1.73 bits per heavy atom. The molecule has 0 spiro atoms. The van der Waals surface area contributed by atoms with Gasteiger partial charge in [0.25, 0.3) is 7.82 Å². The summed E-state index contributed by atoms with van der Waals surface area (Å²) >= 11 is 0. The molecule has 2 unspecified atom stereocenters. The predicted molar refractivity (Wildman–Crippen MR) is 176 cm³/mol. The van der Waals surface area contributed by atoms with Crippen LogP contribution in [0.5, 0.6) is 0 Å². The van der Waals surface area contributed by atoms with Crippen molar-refractivity contribution in [3.8, 4) is 0 Å². The number of rotatable bonds is 31. The van der Waals surface area contributed by atoms with Crippen LogP contribution < -0.4 is 4.89 Å². The number of carbonyl (C=O) groups is 2. The lowest BCUT2D eigenvalue weighted by molar-refractivity contribution is -0.870. The van der Waals surface area contributed by atoms with Crippen LogP contribution in [-0.2, 0) is 32.7 Å². The molecular formula is C34H66NO8P. The minimum atomic E-state index is -4.61. The second-order valence-electron chi connectivity index (χ2n) is 12.9. The second kappa shape index (κ2) is 28.0. The summed E-state index contributed by atoms with van der Waals surface area (Å²) in [7, 11) is 1.16. The van der Waals surface area contributed by atoms with Gasteiger partial charge in [0.2, 0.25) is 0 Å². The zero-order chi connectivity index (χ0) is 32.9. The highest BCUT2D eigenvalue weighted by Crippen LogP contribution is 2.38. The largest absolute Gasteiger partial charge is 0.756 e. The molecule has 0 aliphatic rings. The Hall–Kier alpha value is -1.25. The number of nitrogens with zero attached hydrogens (tertiary/aromatic N) is 1. The van der Waals surface area contributed by atoms with E-state index < -0.39 is 32.5 Å². The summed E-state index contributed by atoms with van der Waals surface area (Å²) in [6, 6.07) is 0. The molecule has 0 heterocycles. The van der Waals surface area contributed by atoms with Gasteiger partial charge in [-0.2, -0.15) is 0 Å². The fraction of sp³-hybridized carbons (Fsp3) is 0.882. The number of hydrogen-bond donors (Lipinski definition) is 0. The van der Waals surface area contributed by atoms with E-state index in [0.717, 1.165) is 57.8 Å². The average Bonchev–Trinajstić information content (AvgIpc) is 2.95. The minimum absolute atomic E-state index is 0.0302. The third-order valence-corrected chi connectivity index (χ3v) is 8.25. The van der Waals surface area contributed by atoms with E-state index in [1.807, 2.05) is 21.1 Å². The van der Waals surface area contributed by atoms with Crippen LogP contribution >= 0.6 is 7.82 Å². The standard InChI is InChI=1S/C34H66NO8P/c1-6-8-10-12-14-16-17-18-19-21-23-25-27-34(37)43-32(31-42-44(38,39)41-29-28-35(3,4)5)30-40-33(36)26-24-22-20-15-13-11-9-7-2/h14,16,32H,6-13,15,17-31H2,1-5H3/b16-14-. The molecule has 0 aliphatic carbocycles. The molecule has 0 N–H and O–H groups in total. The number of phosphoric ester groups is 1. The van der Waals surface area contributed by atoms with Crippen molar-refractivity contribution < 1.29 is 42.1 Å². The molecule has 10 heteroatoms. The van der Waals surface area contributed by atoms with Crippen molar-refractivity contribution in [3.63, 3.8) is 0 Å². The number of quaternary nitrogens is 1. The van der Waals surface area contributed by atoms with Gasteiger partial charge in [-0.15, -0.1) is 0 Å². The number of hydrogen-bond acceptors (Lipinski definition) is 8. The summed E-state index contributed by atoms with van der Waals surface area (Å²) < 4.78 is 33.6. The number of phosphoric acid groups is 1. The van der Waals surface area contributed by atoms with Crippen LogP contribution in [0.3, 0.4) is 0 Å². The molecule has 0 radical (unpaired) electrons. The van der Waals surface area contributed by atoms with Crippen molar-refractivity contribution in [1.82, 2.24) is 0 Å². The molecule has 0 aromatic heterocycles. The lowest BCUT2D eigenvalue weighted by atomic mass is 10.1. The van der Waals surface area contributed by atoms with Crippen LogP contribution in [0.4, 0.5) is 0 Å². The number of unbranched alkanes of at least 4 members (excludes halogenated alkanes) is 15. The third-order valence-electron chi connectivity index (χ3n) is 7.29. The molecule has 0 fully saturated rings. The summed E-state index contributed by atoms with van der Waals surface area (Å²) in [5.41, 5.74) is 0. The van der Waals surface area contributed by atoms with E-state index in [0.29, 0.717) is 17.4 Å². The van der Waals surface area contributed by atoms with Crippen LogP contribution in [0.25, 0.3) is 0 Å². The van der Waals surface area contributed by atoms with Gasteiger partial charge in [0, 0.05) is 12.8 Å². The maximum Gasteiger partial charge on any atom is 0.306 e. The quantitative estimate of drug-likeness (QED) is 0.0244. The normalized spacial score (nSPS) is 14.0. The number of likely N-dealkylation sites (N-methyl/N-ethyl adjacent to an activating group) is 1. The highest BCUT2D eigenvalue weighted by atomic mass is 31.2. The smallest absolute Gasteiger partial charge is 0.306 e. The van der Waals surface area contributed by atoms with Crippen molar-refractivity contribution in [3.05, 3.63) is 12.2 Å². The summed E-state index contributed by atoms with van der Waals surface area (Å²) in [4.78, 5) is 37.1. The highest BCUT2D eigenvalue weighted by Gasteiger charge is 2.21. The number of carbonyl (C=O) groups excluding carboxylic acids is 2. The monoisotopic (exact) mass is 647 g/mol. The maximum atomic E-state index is 12.5. The lowest BCUT2D eigenvalue weighted by Crippen LogP contribution is -2.37. The van der Waals surface area contributed by atoms with Crippen LogP contribution in [0.1, 0.15) is 142 Å². The summed E-state index contributed by atoms with van der Waals surface area (Å²) in [5.74, 6) is -0.850. The Kier molecular flexibility index (Phi) is 27.2. The fourth-order valence-corrected chi connectivity index (χ4v) is 5.20. The van der Waals surface area contributed by atoms with Crippen molar-refractivity contribution in [2.45, 2.75) is 148 Å². The van der Waals surface area contributed by atoms with Crippen LogP contribution in [0, 0.1) is 0 Å². The lowest BCUT2D eigenvalue weighted by Gasteiger charge is -2.28. The predicted octanol–water partition coefficient (Wildman–Crippen LogP) is 8.05. The van der Waals surface area contributed by atoms with Gasteiger partial charge in [0.1, 0.15) is 19.8 Å². The van der Waals surface area contributed by atoms with E-state index in [2.05, 4.69) is 26.0 Å². The molecule has 44 heavy (non-hydrogen) atoms. The molecule has 0 aromatic carbocycles. The molecule has 0 amide bonds. The van der Waals surface area contributed by atoms with E-state index in [1.165, 1.54) is 51.4 Å². The Balaban J connectivity index is 4.50. The van der Waals surface area contributed by atoms with Crippen molar-refractivity contribution in [2.75, 3.05) is 47.5 Å². The van der Waals surface area contributed by atoms with E-state index in [9.17, 15) is 19.0 Å². The van der Waals surface area contributed by atoms with Crippen LogP contribution in [-0.4, -0.2) is 70.0 Å². The summed E-state index contributed by atoms with van der Waals surface area (Å²) in [5, 5.41) is 0.